The monoisotopic (exact) mass is 1660 g/mol. The highest BCUT2D eigenvalue weighted by molar-refractivity contribution is 9.10. The van der Waals surface area contributed by atoms with Gasteiger partial charge in [-0.15, -0.1) is 21.7 Å². The van der Waals surface area contributed by atoms with Crippen molar-refractivity contribution in [1.82, 2.24) is 65.4 Å². The minimum absolute atomic E-state index is 0.0163. The fourth-order valence-corrected chi connectivity index (χ4v) is 19.4. The molecule has 0 bridgehead atoms. The molecule has 6 N–H and O–H groups in total. The van der Waals surface area contributed by atoms with E-state index in [2.05, 4.69) is 141 Å². The Labute approximate surface area is 683 Å². The topological polar surface area (TPSA) is 273 Å². The largest absolute Gasteiger partial charge is 0.444 e. The smallest absolute Gasteiger partial charge is 0.411 e. The van der Waals surface area contributed by atoms with Gasteiger partial charge >= 0.3 is 12.2 Å². The fraction of sp³-hybridized carbons (Fsp3) is 0.537. The predicted octanol–water partition coefficient (Wildman–Crippen LogP) is 17.3. The van der Waals surface area contributed by atoms with Crippen LogP contribution >= 0.6 is 62.3 Å². The molecule has 4 aromatic carbocycles. The van der Waals surface area contributed by atoms with E-state index in [4.69, 9.17) is 62.3 Å². The molecule has 8 fully saturated rings. The van der Waals surface area contributed by atoms with Gasteiger partial charge in [0, 0.05) is 68.5 Å². The molecule has 112 heavy (non-hydrogen) atoms. The number of terminal acetylenes is 1. The van der Waals surface area contributed by atoms with E-state index in [1.807, 2.05) is 100 Å². The summed E-state index contributed by atoms with van der Waals surface area (Å²) in [5, 5.41) is 49.6. The molecule has 2 amide bonds. The number of hydrogen-bond donors (Lipinski definition) is 6. The Balaban J connectivity index is 0.000000114. The number of rotatable bonds is 6. The number of anilines is 4. The lowest BCUT2D eigenvalue weighted by molar-refractivity contribution is 0.0218. The molecular formula is C82H100BrCl4N21O4. The fourth-order valence-electron chi connectivity index (χ4n) is 18.1. The summed E-state index contributed by atoms with van der Waals surface area (Å²) < 4.78 is 17.0. The van der Waals surface area contributed by atoms with Crippen LogP contribution in [-0.4, -0.2) is 162 Å². The number of carbonyl (C=O) groups excluding carboxylic acids is 2. The summed E-state index contributed by atoms with van der Waals surface area (Å²) in [5.74, 6) is 6.86. The standard InChI is InChI=1S/C23H29ClN6O2.2C18H21ClN6.C12H12BrClN2.C11H17NO2/c1-22(2,3)32-21(31)29-10-5-7-18(29)17-13-30(28-27-17)19-12-16-14(11-15(19)24)23(8-6-9-23)20(25-4)26-16;2*1-20-17-18(5-3-6-18)11-8-12(19)16(9-14(11)22-17)25-10-15(23-24-25)13-4-2-7-21-13;1-15-11-12(3-2-4-12)7-5-9(14)8(13)6-10(7)16-11;1-5-9-7-6-8-12(9)10(13)14-11(2,3)4/h11-13,18H,5-10H2,1-4H3,(H,25,26);2*8-10,13,21H,2-7H2,1H3,(H,20,22);5-6H,2-4H2,1H3,(H,15,16);1,9H,6-8H2,2-4H3/t;2*13-;;/m.10../s1. The Kier molecular flexibility index (Phi) is 22.3. The third-order valence-corrected chi connectivity index (χ3v) is 26.4. The van der Waals surface area contributed by atoms with Crippen molar-refractivity contribution >= 4 is 121 Å². The SMILES string of the molecule is C#CC1CCCN1C(=O)OC(C)(C)C.CN=C1Nc2cc(-n3cc(C4CCCN4C(=O)OC(C)(C)C)nn3)c(Cl)cc2C12CCC2.CN=C1Nc2cc(-n3cc([C@@H]4CCCN4)nn3)c(Cl)cc2C12CCC2.CN=C1Nc2cc(-n3cc([C@H]4CCCN4)nn3)c(Cl)cc2C12CCC2.CN=C1Nc2cc(Br)c(Cl)cc2C12CCC2. The Morgan fingerprint density at radius 3 is 1.15 bits per heavy atom. The van der Waals surface area contributed by atoms with Gasteiger partial charge in [-0.05, 0) is 244 Å². The van der Waals surface area contributed by atoms with E-state index in [0.717, 1.165) is 180 Å². The normalized spacial score (nSPS) is 23.8. The molecule has 4 saturated heterocycles. The number of benzene rings is 4. The number of aliphatic imine (C=N–C) groups is 4. The van der Waals surface area contributed by atoms with Gasteiger partial charge in [0.1, 0.15) is 51.6 Å². The van der Waals surface area contributed by atoms with Crippen LogP contribution < -0.4 is 31.9 Å². The molecule has 4 aliphatic carbocycles. The summed E-state index contributed by atoms with van der Waals surface area (Å²) in [5.41, 5.74) is 13.8. The number of nitrogens with one attached hydrogen (secondary N) is 6. The first kappa shape index (κ1) is 79.1. The van der Waals surface area contributed by atoms with Crippen LogP contribution in [0.15, 0.2) is 91.6 Å². The van der Waals surface area contributed by atoms with E-state index >= 15 is 0 Å². The van der Waals surface area contributed by atoms with Crippen LogP contribution in [0.5, 0.6) is 0 Å². The van der Waals surface area contributed by atoms with Gasteiger partial charge in [-0.2, -0.15) is 0 Å². The van der Waals surface area contributed by atoms with Crippen molar-refractivity contribution in [3.8, 4) is 29.4 Å². The zero-order valence-corrected chi connectivity index (χ0v) is 70.0. The molecule has 4 spiro atoms. The highest BCUT2D eigenvalue weighted by atomic mass is 79.9. The maximum absolute atomic E-state index is 12.7. The summed E-state index contributed by atoms with van der Waals surface area (Å²) >= 11 is 29.6. The van der Waals surface area contributed by atoms with Crippen LogP contribution in [0.4, 0.5) is 32.3 Å². The number of amides is 2. The molecule has 4 atom stereocenters. The number of aromatic nitrogens is 9. The highest BCUT2D eigenvalue weighted by Crippen LogP contribution is 2.57. The number of amidine groups is 4. The molecule has 25 nitrogen and oxygen atoms in total. The summed E-state index contributed by atoms with van der Waals surface area (Å²) in [6.07, 6.45) is 32.7. The van der Waals surface area contributed by atoms with Crippen LogP contribution in [-0.2, 0) is 31.1 Å². The summed E-state index contributed by atoms with van der Waals surface area (Å²) in [6.45, 7) is 14.6. The zero-order chi connectivity index (χ0) is 78.8. The molecule has 592 valence electrons. The Morgan fingerprint density at radius 1 is 0.473 bits per heavy atom. The van der Waals surface area contributed by atoms with Gasteiger partial charge in [0.05, 0.1) is 102 Å². The number of fused-ring (bicyclic) bond motifs is 8. The quantitative estimate of drug-likeness (QED) is 0.0845. The molecule has 3 aromatic heterocycles. The summed E-state index contributed by atoms with van der Waals surface area (Å²) in [4.78, 5) is 45.5. The number of hydrogen-bond acceptors (Lipinski definition) is 16. The number of carbonyl (C=O) groups is 2. The molecule has 2 unspecified atom stereocenters. The maximum atomic E-state index is 12.7. The van der Waals surface area contributed by atoms with E-state index < -0.39 is 11.2 Å². The van der Waals surface area contributed by atoms with Gasteiger partial charge in [0.15, 0.2) is 0 Å². The van der Waals surface area contributed by atoms with Crippen molar-refractivity contribution < 1.29 is 19.1 Å². The average Bonchev–Trinajstić information content (AvgIpc) is 1.57. The summed E-state index contributed by atoms with van der Waals surface area (Å²) in [7, 11) is 7.40. The van der Waals surface area contributed by atoms with Gasteiger partial charge in [-0.3, -0.25) is 29.8 Å². The lowest BCUT2D eigenvalue weighted by Gasteiger charge is -2.38. The van der Waals surface area contributed by atoms with E-state index in [1.54, 1.807) is 23.8 Å². The molecule has 12 aliphatic rings. The van der Waals surface area contributed by atoms with Crippen LogP contribution in [0.1, 0.15) is 227 Å². The molecule has 4 saturated carbocycles. The van der Waals surface area contributed by atoms with Crippen molar-refractivity contribution in [2.45, 2.75) is 227 Å². The molecule has 30 heteroatoms. The van der Waals surface area contributed by atoms with Gasteiger partial charge in [0.25, 0.3) is 0 Å². The highest BCUT2D eigenvalue weighted by Gasteiger charge is 2.53. The second-order valence-electron chi connectivity index (χ2n) is 33.3. The van der Waals surface area contributed by atoms with Crippen LogP contribution in [0.25, 0.3) is 17.1 Å². The van der Waals surface area contributed by atoms with Crippen molar-refractivity contribution in [3.05, 3.63) is 131 Å². The first-order valence-corrected chi connectivity index (χ1v) is 41.7. The minimum Gasteiger partial charge on any atom is -0.444 e. The predicted molar refractivity (Wildman–Crippen MR) is 448 cm³/mol. The van der Waals surface area contributed by atoms with Crippen molar-refractivity contribution in [2.75, 3.05) is 75.6 Å². The second-order valence-corrected chi connectivity index (χ2v) is 35.8. The van der Waals surface area contributed by atoms with Crippen LogP contribution in [0.2, 0.25) is 20.1 Å². The van der Waals surface area contributed by atoms with Gasteiger partial charge in [-0.1, -0.05) is 93.6 Å². The number of ether oxygens (including phenoxy) is 2. The van der Waals surface area contributed by atoms with Crippen molar-refractivity contribution in [1.29, 1.82) is 0 Å². The van der Waals surface area contributed by atoms with E-state index in [-0.39, 0.29) is 45.9 Å². The van der Waals surface area contributed by atoms with Gasteiger partial charge in [-0.25, -0.2) is 23.6 Å². The van der Waals surface area contributed by atoms with E-state index in [9.17, 15) is 9.59 Å². The lowest BCUT2D eigenvalue weighted by atomic mass is 9.65. The second kappa shape index (κ2) is 31.6. The van der Waals surface area contributed by atoms with Crippen LogP contribution in [0.3, 0.4) is 0 Å². The summed E-state index contributed by atoms with van der Waals surface area (Å²) in [6, 6.07) is 16.9. The molecule has 7 aromatic rings. The molecule has 19 rings (SSSR count). The van der Waals surface area contributed by atoms with Gasteiger partial charge in [0.2, 0.25) is 0 Å². The first-order valence-electron chi connectivity index (χ1n) is 39.4. The van der Waals surface area contributed by atoms with Crippen molar-refractivity contribution in [2.24, 2.45) is 20.0 Å². The molecular weight excluding hydrogens is 1560 g/mol. The van der Waals surface area contributed by atoms with E-state index in [0.29, 0.717) is 40.2 Å². The first-order chi connectivity index (χ1) is 53.7. The molecule has 0 radical (unpaired) electrons. The Morgan fingerprint density at radius 2 is 0.812 bits per heavy atom. The number of likely N-dealkylation sites (tertiary alicyclic amines) is 2. The molecule has 8 aliphatic heterocycles. The number of nitrogens with zero attached hydrogens (tertiary/aromatic N) is 15. The Bertz CT molecular complexity index is 4790. The van der Waals surface area contributed by atoms with Gasteiger partial charge < -0.3 is 41.4 Å². The van der Waals surface area contributed by atoms with E-state index in [1.165, 1.54) is 73.6 Å². The molecule has 11 heterocycles. The minimum atomic E-state index is -0.536. The third kappa shape index (κ3) is 14.8. The van der Waals surface area contributed by atoms with Crippen molar-refractivity contribution in [3.63, 3.8) is 0 Å². The van der Waals surface area contributed by atoms with Crippen LogP contribution in [0, 0.1) is 12.3 Å². The Hall–Kier alpha value is -8.16. The average molecular weight is 1670 g/mol. The number of halogens is 5. The zero-order valence-electron chi connectivity index (χ0n) is 65.4. The third-order valence-electron chi connectivity index (χ3n) is 24.3. The maximum Gasteiger partial charge on any atom is 0.411 e. The lowest BCUT2D eigenvalue weighted by Crippen LogP contribution is -2.41.